The molecule has 0 amide bonds. The second kappa shape index (κ2) is 11.2. The van der Waals surface area contributed by atoms with Crippen LogP contribution in [-0.4, -0.2) is 50.7 Å². The van der Waals surface area contributed by atoms with Gasteiger partial charge in [-0.3, -0.25) is 4.90 Å². The fraction of sp³-hybridized carbons (Fsp3) is 0.655. The van der Waals surface area contributed by atoms with Gasteiger partial charge in [0.05, 0.1) is 13.2 Å². The van der Waals surface area contributed by atoms with Crippen molar-refractivity contribution in [2.45, 2.75) is 58.2 Å². The standard InChI is InChI=1S/C29H39F3N2O2/c1-21-15-22(3-2-10-34(21)27-6-8-28(9-7-27)36-29(30,31)32)4-5-23-16-25-18-24(19-26(25)17-23)20-33-11-13-35-14-12-33/h3,6-9,15,23-26H,2,4-5,10-14,16-20H2,1H3. The van der Waals surface area contributed by atoms with Crippen LogP contribution in [0.15, 0.2) is 47.7 Å². The highest BCUT2D eigenvalue weighted by Gasteiger charge is 2.41. The molecule has 1 aromatic carbocycles. The van der Waals surface area contributed by atoms with Crippen LogP contribution >= 0.6 is 0 Å². The van der Waals surface area contributed by atoms with Crippen molar-refractivity contribution in [3.8, 4) is 5.75 Å². The van der Waals surface area contributed by atoms with Crippen LogP contribution in [0.4, 0.5) is 18.9 Å². The van der Waals surface area contributed by atoms with E-state index < -0.39 is 6.36 Å². The van der Waals surface area contributed by atoms with Gasteiger partial charge in [0.2, 0.25) is 0 Å². The van der Waals surface area contributed by atoms with Gasteiger partial charge in [0, 0.05) is 37.6 Å². The number of nitrogens with zero attached hydrogens (tertiary/aromatic N) is 2. The molecule has 0 radical (unpaired) electrons. The molecule has 0 N–H and O–H groups in total. The summed E-state index contributed by atoms with van der Waals surface area (Å²) in [5.41, 5.74) is 3.43. The van der Waals surface area contributed by atoms with Gasteiger partial charge in [-0.15, -0.1) is 13.2 Å². The van der Waals surface area contributed by atoms with Gasteiger partial charge in [-0.05, 0) is 106 Å². The number of rotatable bonds is 7. The number of hydrogen-bond donors (Lipinski definition) is 0. The summed E-state index contributed by atoms with van der Waals surface area (Å²) >= 11 is 0. The van der Waals surface area contributed by atoms with Crippen molar-refractivity contribution >= 4 is 5.69 Å². The molecule has 7 heteroatoms. The van der Waals surface area contributed by atoms with E-state index in [4.69, 9.17) is 4.74 Å². The van der Waals surface area contributed by atoms with E-state index in [1.165, 1.54) is 56.4 Å². The van der Waals surface area contributed by atoms with Crippen molar-refractivity contribution in [2.24, 2.45) is 23.7 Å². The molecule has 3 fully saturated rings. The van der Waals surface area contributed by atoms with E-state index in [2.05, 4.69) is 33.6 Å². The molecule has 198 valence electrons. The average molecular weight is 505 g/mol. The number of fused-ring (bicyclic) bond motifs is 1. The van der Waals surface area contributed by atoms with Crippen LogP contribution in [0.3, 0.4) is 0 Å². The Hall–Kier alpha value is -1.99. The first kappa shape index (κ1) is 25.7. The van der Waals surface area contributed by atoms with Gasteiger partial charge in [0.15, 0.2) is 0 Å². The van der Waals surface area contributed by atoms with Crippen molar-refractivity contribution in [3.05, 3.63) is 47.7 Å². The van der Waals surface area contributed by atoms with Gasteiger partial charge in [-0.2, -0.15) is 0 Å². The zero-order valence-corrected chi connectivity index (χ0v) is 21.3. The van der Waals surface area contributed by atoms with Crippen LogP contribution < -0.4 is 9.64 Å². The van der Waals surface area contributed by atoms with Crippen LogP contribution in [-0.2, 0) is 4.74 Å². The Morgan fingerprint density at radius 2 is 1.61 bits per heavy atom. The molecule has 4 nitrogen and oxygen atoms in total. The molecule has 1 saturated heterocycles. The second-order valence-corrected chi connectivity index (χ2v) is 11.2. The smallest absolute Gasteiger partial charge is 0.406 e. The summed E-state index contributed by atoms with van der Waals surface area (Å²) < 4.78 is 46.9. The number of morpholine rings is 1. The maximum Gasteiger partial charge on any atom is 0.573 e. The Labute approximate surface area is 213 Å². The summed E-state index contributed by atoms with van der Waals surface area (Å²) in [6.45, 7) is 8.18. The third-order valence-electron chi connectivity index (χ3n) is 8.63. The first-order chi connectivity index (χ1) is 17.3. The normalized spacial score (nSPS) is 29.5. The highest BCUT2D eigenvalue weighted by Crippen LogP contribution is 2.50. The van der Waals surface area contributed by atoms with E-state index in [-0.39, 0.29) is 5.75 Å². The largest absolute Gasteiger partial charge is 0.573 e. The van der Waals surface area contributed by atoms with Gasteiger partial charge in [0.1, 0.15) is 5.75 Å². The topological polar surface area (TPSA) is 24.9 Å². The fourth-order valence-electron chi connectivity index (χ4n) is 7.07. The molecular formula is C29H39F3N2O2. The lowest BCUT2D eigenvalue weighted by atomic mass is 9.92. The van der Waals surface area contributed by atoms with Crippen molar-refractivity contribution < 1.29 is 22.6 Å². The number of ether oxygens (including phenoxy) is 2. The van der Waals surface area contributed by atoms with Gasteiger partial charge >= 0.3 is 6.36 Å². The number of hydrogen-bond acceptors (Lipinski definition) is 4. The van der Waals surface area contributed by atoms with Gasteiger partial charge in [-0.25, -0.2) is 0 Å². The lowest BCUT2D eigenvalue weighted by molar-refractivity contribution is -0.274. The Morgan fingerprint density at radius 3 is 2.28 bits per heavy atom. The van der Waals surface area contributed by atoms with Crippen LogP contribution in [0.1, 0.15) is 51.9 Å². The Morgan fingerprint density at radius 1 is 0.944 bits per heavy atom. The van der Waals surface area contributed by atoms with Crippen LogP contribution in [0.2, 0.25) is 0 Å². The Kier molecular flexibility index (Phi) is 7.96. The second-order valence-electron chi connectivity index (χ2n) is 11.2. The summed E-state index contributed by atoms with van der Waals surface area (Å²) in [5, 5.41) is 0. The molecule has 2 atom stereocenters. The third kappa shape index (κ3) is 6.65. The van der Waals surface area contributed by atoms with Crippen molar-refractivity contribution in [2.75, 3.05) is 44.3 Å². The first-order valence-electron chi connectivity index (χ1n) is 13.6. The molecule has 2 saturated carbocycles. The number of benzene rings is 1. The molecule has 5 rings (SSSR count). The monoisotopic (exact) mass is 504 g/mol. The average Bonchev–Trinajstić information content (AvgIpc) is 3.32. The molecule has 1 aromatic rings. The zero-order valence-electron chi connectivity index (χ0n) is 21.3. The van der Waals surface area contributed by atoms with Crippen molar-refractivity contribution in [1.29, 1.82) is 0 Å². The number of allylic oxidation sites excluding steroid dienone is 3. The quantitative estimate of drug-likeness (QED) is 0.408. The summed E-state index contributed by atoms with van der Waals surface area (Å²) in [6, 6.07) is 6.18. The van der Waals surface area contributed by atoms with Gasteiger partial charge in [-0.1, -0.05) is 11.6 Å². The molecule has 4 aliphatic rings. The molecule has 0 aromatic heterocycles. The zero-order chi connectivity index (χ0) is 25.1. The molecule has 2 heterocycles. The molecule has 0 bridgehead atoms. The predicted octanol–water partition coefficient (Wildman–Crippen LogP) is 6.79. The minimum absolute atomic E-state index is 0.185. The maximum atomic E-state index is 12.5. The third-order valence-corrected chi connectivity index (χ3v) is 8.63. The Balaban J connectivity index is 1.09. The summed E-state index contributed by atoms with van der Waals surface area (Å²) in [6.07, 6.45) is 8.90. The molecule has 0 spiro atoms. The van der Waals surface area contributed by atoms with Gasteiger partial charge < -0.3 is 14.4 Å². The van der Waals surface area contributed by atoms with E-state index in [9.17, 15) is 13.2 Å². The SMILES string of the molecule is CC1=CC(CCC2CC3CC(CN4CCOCC4)CC3C2)=CCCN1c1ccc(OC(F)(F)F)cc1. The van der Waals surface area contributed by atoms with E-state index >= 15 is 0 Å². The predicted molar refractivity (Wildman–Crippen MR) is 136 cm³/mol. The number of alkyl halides is 3. The van der Waals surface area contributed by atoms with Crippen LogP contribution in [0.5, 0.6) is 5.75 Å². The maximum absolute atomic E-state index is 12.5. The van der Waals surface area contributed by atoms with Crippen LogP contribution in [0, 0.1) is 23.7 Å². The number of halogens is 3. The summed E-state index contributed by atoms with van der Waals surface area (Å²) in [7, 11) is 0. The van der Waals surface area contributed by atoms with E-state index in [0.29, 0.717) is 0 Å². The minimum Gasteiger partial charge on any atom is -0.406 e. The molecular weight excluding hydrogens is 465 g/mol. The summed E-state index contributed by atoms with van der Waals surface area (Å²) in [5.74, 6) is 3.41. The van der Waals surface area contributed by atoms with E-state index in [1.54, 1.807) is 12.1 Å². The molecule has 2 unspecified atom stereocenters. The van der Waals surface area contributed by atoms with Gasteiger partial charge in [0.25, 0.3) is 0 Å². The highest BCUT2D eigenvalue weighted by atomic mass is 19.4. The Bertz CT molecular complexity index is 923. The molecule has 2 aliphatic heterocycles. The molecule has 2 aliphatic carbocycles. The van der Waals surface area contributed by atoms with Crippen LogP contribution in [0.25, 0.3) is 0 Å². The van der Waals surface area contributed by atoms with E-state index in [0.717, 1.165) is 80.7 Å². The van der Waals surface area contributed by atoms with E-state index in [1.807, 2.05) is 0 Å². The molecule has 36 heavy (non-hydrogen) atoms. The highest BCUT2D eigenvalue weighted by molar-refractivity contribution is 5.55. The lowest BCUT2D eigenvalue weighted by Gasteiger charge is -2.29. The van der Waals surface area contributed by atoms with Crippen molar-refractivity contribution in [1.82, 2.24) is 4.90 Å². The lowest BCUT2D eigenvalue weighted by Crippen LogP contribution is -2.39. The first-order valence-corrected chi connectivity index (χ1v) is 13.6. The minimum atomic E-state index is -4.67. The fourth-order valence-corrected chi connectivity index (χ4v) is 7.07. The summed E-state index contributed by atoms with van der Waals surface area (Å²) in [4.78, 5) is 4.78. The van der Waals surface area contributed by atoms with Crippen molar-refractivity contribution in [3.63, 3.8) is 0 Å². The number of anilines is 1.